The largest absolute Gasteiger partial charge is 0.377 e. The van der Waals surface area contributed by atoms with Crippen molar-refractivity contribution in [1.82, 2.24) is 14.5 Å². The number of imidazole rings is 1. The Bertz CT molecular complexity index is 566. The van der Waals surface area contributed by atoms with Crippen LogP contribution in [-0.2, 0) is 17.2 Å². The second-order valence-corrected chi connectivity index (χ2v) is 5.41. The van der Waals surface area contributed by atoms with Crippen molar-refractivity contribution in [2.75, 3.05) is 7.11 Å². The predicted molar refractivity (Wildman–Crippen MR) is 73.2 cm³/mol. The zero-order chi connectivity index (χ0) is 13.3. The Kier molecular flexibility index (Phi) is 3.80. The second-order valence-electron chi connectivity index (χ2n) is 4.71. The Morgan fingerprint density at radius 1 is 1.44 bits per heavy atom. The lowest BCUT2D eigenvalue weighted by Gasteiger charge is -2.24. The Hall–Kier alpha value is -0.840. The molecule has 18 heavy (non-hydrogen) atoms. The molecule has 0 unspecified atom stereocenters. The Morgan fingerprint density at radius 2 is 2.17 bits per heavy atom. The van der Waals surface area contributed by atoms with Gasteiger partial charge in [-0.1, -0.05) is 11.6 Å². The first-order valence-corrected chi connectivity index (χ1v) is 6.50. The van der Waals surface area contributed by atoms with Crippen LogP contribution in [0.15, 0.2) is 12.3 Å². The van der Waals surface area contributed by atoms with Gasteiger partial charge in [-0.05, 0) is 19.9 Å². The topological polar surface area (TPSA) is 39.9 Å². The van der Waals surface area contributed by atoms with Crippen molar-refractivity contribution in [3.05, 3.63) is 23.1 Å². The van der Waals surface area contributed by atoms with Crippen molar-refractivity contribution >= 4 is 34.4 Å². The van der Waals surface area contributed by atoms with Gasteiger partial charge in [-0.15, -0.1) is 11.6 Å². The first-order valence-electron chi connectivity index (χ1n) is 5.58. The molecule has 0 spiro atoms. The van der Waals surface area contributed by atoms with Gasteiger partial charge >= 0.3 is 0 Å². The summed E-state index contributed by atoms with van der Waals surface area (Å²) in [6.07, 6.45) is 1.61. The van der Waals surface area contributed by atoms with Crippen molar-refractivity contribution in [2.24, 2.45) is 0 Å². The number of rotatable bonds is 4. The lowest BCUT2D eigenvalue weighted by Crippen LogP contribution is -2.29. The zero-order valence-corrected chi connectivity index (χ0v) is 12.1. The van der Waals surface area contributed by atoms with Crippen LogP contribution in [0.4, 0.5) is 0 Å². The number of halogens is 2. The van der Waals surface area contributed by atoms with Crippen LogP contribution in [0.2, 0.25) is 5.02 Å². The number of hydrogen-bond donors (Lipinski definition) is 0. The number of fused-ring (bicyclic) bond motifs is 1. The van der Waals surface area contributed by atoms with Gasteiger partial charge in [-0.2, -0.15) is 0 Å². The third-order valence-corrected chi connectivity index (χ3v) is 3.29. The van der Waals surface area contributed by atoms with Crippen molar-refractivity contribution in [2.45, 2.75) is 31.9 Å². The maximum absolute atomic E-state index is 5.93. The molecule has 4 nitrogen and oxygen atoms in total. The first kappa shape index (κ1) is 13.6. The third kappa shape index (κ3) is 2.60. The molecule has 2 rings (SSSR count). The molecule has 0 fully saturated rings. The van der Waals surface area contributed by atoms with Gasteiger partial charge in [0.2, 0.25) is 0 Å². The second kappa shape index (κ2) is 5.03. The van der Waals surface area contributed by atoms with Gasteiger partial charge in [0.05, 0.1) is 23.0 Å². The number of alkyl halides is 1. The molecule has 98 valence electrons. The number of nitrogens with zero attached hydrogens (tertiary/aromatic N) is 3. The average Bonchev–Trinajstić information content (AvgIpc) is 2.66. The summed E-state index contributed by atoms with van der Waals surface area (Å²) in [5, 5.41) is 0.569. The number of aromatic nitrogens is 3. The van der Waals surface area contributed by atoms with E-state index in [1.165, 1.54) is 0 Å². The van der Waals surface area contributed by atoms with Crippen LogP contribution in [0.3, 0.4) is 0 Å². The van der Waals surface area contributed by atoms with Crippen LogP contribution >= 0.6 is 23.2 Å². The van der Waals surface area contributed by atoms with Crippen molar-refractivity contribution in [1.29, 1.82) is 0 Å². The maximum atomic E-state index is 5.93. The molecule has 0 aliphatic carbocycles. The molecular formula is C12H15Cl2N3O. The zero-order valence-electron chi connectivity index (χ0n) is 10.6. The van der Waals surface area contributed by atoms with Crippen LogP contribution in [0.5, 0.6) is 0 Å². The van der Waals surface area contributed by atoms with Crippen LogP contribution in [0.1, 0.15) is 19.7 Å². The molecule has 0 N–H and O–H groups in total. The highest BCUT2D eigenvalue weighted by Gasteiger charge is 2.21. The highest BCUT2D eigenvalue weighted by atomic mass is 35.5. The summed E-state index contributed by atoms with van der Waals surface area (Å²) in [7, 11) is 1.68. The number of hydrogen-bond acceptors (Lipinski definition) is 3. The van der Waals surface area contributed by atoms with E-state index in [1.54, 1.807) is 19.4 Å². The molecule has 0 atom stereocenters. The van der Waals surface area contributed by atoms with Gasteiger partial charge in [-0.25, -0.2) is 9.97 Å². The summed E-state index contributed by atoms with van der Waals surface area (Å²) in [4.78, 5) is 8.76. The van der Waals surface area contributed by atoms with Gasteiger partial charge in [0, 0.05) is 13.3 Å². The number of ether oxygens (including phenoxy) is 1. The minimum Gasteiger partial charge on any atom is -0.377 e. The van der Waals surface area contributed by atoms with E-state index in [9.17, 15) is 0 Å². The van der Waals surface area contributed by atoms with Crippen LogP contribution in [0, 0.1) is 0 Å². The van der Waals surface area contributed by atoms with E-state index >= 15 is 0 Å². The van der Waals surface area contributed by atoms with E-state index in [2.05, 4.69) is 9.97 Å². The van der Waals surface area contributed by atoms with E-state index < -0.39 is 0 Å². The monoisotopic (exact) mass is 287 g/mol. The third-order valence-electron chi connectivity index (χ3n) is 2.84. The molecule has 0 aliphatic heterocycles. The van der Waals surface area contributed by atoms with E-state index in [0.29, 0.717) is 17.4 Å². The summed E-state index contributed by atoms with van der Waals surface area (Å²) in [5.74, 6) is 1.10. The van der Waals surface area contributed by atoms with Crippen LogP contribution in [0.25, 0.3) is 11.2 Å². The van der Waals surface area contributed by atoms with Gasteiger partial charge in [0.25, 0.3) is 0 Å². The lowest BCUT2D eigenvalue weighted by atomic mass is 10.1. The fourth-order valence-electron chi connectivity index (χ4n) is 1.75. The average molecular weight is 288 g/mol. The fraction of sp³-hybridized carbons (Fsp3) is 0.500. The first-order chi connectivity index (χ1) is 8.46. The van der Waals surface area contributed by atoms with Gasteiger partial charge in [0.15, 0.2) is 5.65 Å². The smallest absolute Gasteiger partial charge is 0.160 e. The van der Waals surface area contributed by atoms with E-state index in [-0.39, 0.29) is 5.60 Å². The van der Waals surface area contributed by atoms with E-state index in [1.807, 2.05) is 18.4 Å². The molecule has 0 saturated carbocycles. The summed E-state index contributed by atoms with van der Waals surface area (Å²) in [6.45, 7) is 4.65. The molecule has 2 aromatic heterocycles. The highest BCUT2D eigenvalue weighted by Crippen LogP contribution is 2.22. The van der Waals surface area contributed by atoms with Crippen LogP contribution < -0.4 is 0 Å². The molecule has 2 heterocycles. The Balaban J connectivity index is 2.53. The Morgan fingerprint density at radius 3 is 2.78 bits per heavy atom. The van der Waals surface area contributed by atoms with Crippen molar-refractivity contribution < 1.29 is 4.74 Å². The van der Waals surface area contributed by atoms with Gasteiger partial charge < -0.3 is 9.30 Å². The molecule has 0 aliphatic rings. The van der Waals surface area contributed by atoms with Crippen LogP contribution in [-0.4, -0.2) is 27.2 Å². The minimum absolute atomic E-state index is 0.310. The van der Waals surface area contributed by atoms with Crippen molar-refractivity contribution in [3.8, 4) is 0 Å². The molecule has 6 heteroatoms. The molecule has 0 aromatic carbocycles. The number of methoxy groups -OCH3 is 1. The quantitative estimate of drug-likeness (QED) is 0.811. The summed E-state index contributed by atoms with van der Waals surface area (Å²) >= 11 is 11.8. The molecule has 2 aromatic rings. The van der Waals surface area contributed by atoms with E-state index in [0.717, 1.165) is 17.0 Å². The van der Waals surface area contributed by atoms with Gasteiger partial charge in [0.1, 0.15) is 11.3 Å². The van der Waals surface area contributed by atoms with E-state index in [4.69, 9.17) is 27.9 Å². The molecule has 0 saturated heterocycles. The molecule has 0 radical (unpaired) electrons. The van der Waals surface area contributed by atoms with Crippen molar-refractivity contribution in [3.63, 3.8) is 0 Å². The normalized spacial score (nSPS) is 12.3. The summed E-state index contributed by atoms with van der Waals surface area (Å²) in [6, 6.07) is 1.79. The molecule has 0 bridgehead atoms. The van der Waals surface area contributed by atoms with Gasteiger partial charge in [-0.3, -0.25) is 0 Å². The predicted octanol–water partition coefficient (Wildman–Crippen LogP) is 3.25. The molecule has 0 amide bonds. The number of pyridine rings is 1. The molecular weight excluding hydrogens is 273 g/mol. The minimum atomic E-state index is -0.310. The fourth-order valence-corrected chi connectivity index (χ4v) is 2.10. The maximum Gasteiger partial charge on any atom is 0.160 e. The summed E-state index contributed by atoms with van der Waals surface area (Å²) < 4.78 is 7.41. The summed E-state index contributed by atoms with van der Waals surface area (Å²) in [5.41, 5.74) is 1.22. The SMILES string of the molecule is COC(C)(C)Cn1c(CCl)nc2cc(Cl)cnc21. The standard InChI is InChI=1S/C12H15Cl2N3O/c1-12(2,18-3)7-17-10(5-13)16-9-4-8(14)6-15-11(9)17/h4,6H,5,7H2,1-3H3. The lowest BCUT2D eigenvalue weighted by molar-refractivity contribution is 0.00843. The highest BCUT2D eigenvalue weighted by molar-refractivity contribution is 6.31. The Labute approximate surface area is 116 Å².